The summed E-state index contributed by atoms with van der Waals surface area (Å²) in [5.41, 5.74) is 3.67. The van der Waals surface area contributed by atoms with Gasteiger partial charge < -0.3 is 5.32 Å². The molecule has 0 aliphatic rings. The molecule has 0 saturated heterocycles. The smallest absolute Gasteiger partial charge is 0.0743 e. The van der Waals surface area contributed by atoms with E-state index in [1.54, 1.807) is 0 Å². The predicted molar refractivity (Wildman–Crippen MR) is 73.2 cm³/mol. The second-order valence-electron chi connectivity index (χ2n) is 5.46. The van der Waals surface area contributed by atoms with Gasteiger partial charge >= 0.3 is 0 Å². The molecule has 0 atom stereocenters. The van der Waals surface area contributed by atoms with Crippen LogP contribution in [0.2, 0.25) is 0 Å². The Morgan fingerprint density at radius 1 is 1.12 bits per heavy atom. The molecule has 0 radical (unpaired) electrons. The monoisotopic (exact) mass is 228 g/mol. The molecule has 0 amide bonds. The van der Waals surface area contributed by atoms with Crippen LogP contribution in [0.1, 0.15) is 32.0 Å². The van der Waals surface area contributed by atoms with E-state index in [1.807, 2.05) is 7.05 Å². The van der Waals surface area contributed by atoms with Crippen LogP contribution < -0.4 is 5.32 Å². The SMILES string of the molecule is CNCc1ccc2cccc(C(C)(C)C)c2n1. The maximum atomic E-state index is 4.77. The molecule has 0 fully saturated rings. The molecule has 17 heavy (non-hydrogen) atoms. The molecule has 2 aromatic rings. The van der Waals surface area contributed by atoms with E-state index in [-0.39, 0.29) is 5.41 Å². The largest absolute Gasteiger partial charge is 0.314 e. The fourth-order valence-electron chi connectivity index (χ4n) is 2.07. The Balaban J connectivity index is 2.64. The Labute approximate surface area is 103 Å². The fraction of sp³-hybridized carbons (Fsp3) is 0.400. The lowest BCUT2D eigenvalue weighted by atomic mass is 9.85. The third-order valence-corrected chi connectivity index (χ3v) is 2.94. The first kappa shape index (κ1) is 12.1. The fourth-order valence-corrected chi connectivity index (χ4v) is 2.07. The Bertz CT molecular complexity index is 524. The standard InChI is InChI=1S/C15H20N2/c1-15(2,3)13-7-5-6-11-8-9-12(10-16-4)17-14(11)13/h5-9,16H,10H2,1-4H3. The predicted octanol–water partition coefficient (Wildman–Crippen LogP) is 3.25. The number of aromatic nitrogens is 1. The van der Waals surface area contributed by atoms with Crippen LogP contribution in [0.15, 0.2) is 30.3 Å². The first-order chi connectivity index (χ1) is 8.02. The molecule has 0 aliphatic heterocycles. The number of hydrogen-bond acceptors (Lipinski definition) is 2. The quantitative estimate of drug-likeness (QED) is 0.853. The average Bonchev–Trinajstić information content (AvgIpc) is 2.27. The average molecular weight is 228 g/mol. The zero-order valence-electron chi connectivity index (χ0n) is 11.0. The molecule has 0 aliphatic carbocycles. The second kappa shape index (κ2) is 4.46. The van der Waals surface area contributed by atoms with E-state index in [2.05, 4.69) is 56.4 Å². The van der Waals surface area contributed by atoms with Gasteiger partial charge in [-0.1, -0.05) is 45.0 Å². The molecular weight excluding hydrogens is 208 g/mol. The minimum atomic E-state index is 0.130. The topological polar surface area (TPSA) is 24.9 Å². The number of fused-ring (bicyclic) bond motifs is 1. The Morgan fingerprint density at radius 3 is 2.53 bits per heavy atom. The van der Waals surface area contributed by atoms with Crippen LogP contribution in [0.5, 0.6) is 0 Å². The summed E-state index contributed by atoms with van der Waals surface area (Å²) in [6.07, 6.45) is 0. The molecule has 0 unspecified atom stereocenters. The van der Waals surface area contributed by atoms with Crippen molar-refractivity contribution in [2.45, 2.75) is 32.7 Å². The van der Waals surface area contributed by atoms with Crippen molar-refractivity contribution in [1.29, 1.82) is 0 Å². The zero-order chi connectivity index (χ0) is 12.5. The summed E-state index contributed by atoms with van der Waals surface area (Å²) in [7, 11) is 1.95. The molecule has 0 saturated carbocycles. The van der Waals surface area contributed by atoms with Gasteiger partial charge in [-0.25, -0.2) is 0 Å². The Kier molecular flexibility index (Phi) is 3.16. The first-order valence-corrected chi connectivity index (χ1v) is 6.06. The highest BCUT2D eigenvalue weighted by molar-refractivity contribution is 5.82. The summed E-state index contributed by atoms with van der Waals surface area (Å²) < 4.78 is 0. The van der Waals surface area contributed by atoms with Crippen LogP contribution in [-0.4, -0.2) is 12.0 Å². The normalized spacial score (nSPS) is 12.0. The number of para-hydroxylation sites is 1. The number of nitrogens with zero attached hydrogens (tertiary/aromatic N) is 1. The van der Waals surface area contributed by atoms with E-state index in [4.69, 9.17) is 4.98 Å². The molecular formula is C15H20N2. The van der Waals surface area contributed by atoms with Crippen LogP contribution in [0.25, 0.3) is 10.9 Å². The van der Waals surface area contributed by atoms with Gasteiger partial charge in [0.25, 0.3) is 0 Å². The molecule has 1 aromatic heterocycles. The number of rotatable bonds is 2. The minimum absolute atomic E-state index is 0.130. The highest BCUT2D eigenvalue weighted by Gasteiger charge is 2.17. The van der Waals surface area contributed by atoms with Crippen LogP contribution in [-0.2, 0) is 12.0 Å². The van der Waals surface area contributed by atoms with Crippen molar-refractivity contribution < 1.29 is 0 Å². The molecule has 90 valence electrons. The van der Waals surface area contributed by atoms with Gasteiger partial charge in [0.05, 0.1) is 11.2 Å². The zero-order valence-corrected chi connectivity index (χ0v) is 11.0. The van der Waals surface area contributed by atoms with E-state index in [9.17, 15) is 0 Å². The third-order valence-electron chi connectivity index (χ3n) is 2.94. The van der Waals surface area contributed by atoms with Crippen LogP contribution in [0.3, 0.4) is 0 Å². The molecule has 1 heterocycles. The van der Waals surface area contributed by atoms with E-state index in [0.29, 0.717) is 0 Å². The lowest BCUT2D eigenvalue weighted by Crippen LogP contribution is -2.13. The van der Waals surface area contributed by atoms with E-state index in [0.717, 1.165) is 17.8 Å². The van der Waals surface area contributed by atoms with Gasteiger partial charge in [0.2, 0.25) is 0 Å². The van der Waals surface area contributed by atoms with Gasteiger partial charge in [-0.2, -0.15) is 0 Å². The molecule has 1 N–H and O–H groups in total. The van der Waals surface area contributed by atoms with Gasteiger partial charge in [-0.05, 0) is 24.1 Å². The summed E-state index contributed by atoms with van der Waals surface area (Å²) in [5.74, 6) is 0. The van der Waals surface area contributed by atoms with Crippen molar-refractivity contribution in [2.24, 2.45) is 0 Å². The van der Waals surface area contributed by atoms with Gasteiger partial charge in [0.1, 0.15) is 0 Å². The van der Waals surface area contributed by atoms with Crippen molar-refractivity contribution in [2.75, 3.05) is 7.05 Å². The minimum Gasteiger partial charge on any atom is -0.314 e. The Hall–Kier alpha value is -1.41. The third kappa shape index (κ3) is 2.47. The number of hydrogen-bond donors (Lipinski definition) is 1. The van der Waals surface area contributed by atoms with Crippen LogP contribution in [0, 0.1) is 0 Å². The highest BCUT2D eigenvalue weighted by atomic mass is 14.8. The summed E-state index contributed by atoms with van der Waals surface area (Å²) >= 11 is 0. The van der Waals surface area contributed by atoms with Crippen molar-refractivity contribution in [3.8, 4) is 0 Å². The summed E-state index contributed by atoms with van der Waals surface area (Å²) in [6.45, 7) is 7.50. The highest BCUT2D eigenvalue weighted by Crippen LogP contribution is 2.28. The summed E-state index contributed by atoms with van der Waals surface area (Å²) in [6, 6.07) is 10.7. The van der Waals surface area contributed by atoms with Crippen LogP contribution in [0.4, 0.5) is 0 Å². The van der Waals surface area contributed by atoms with Crippen LogP contribution >= 0.6 is 0 Å². The Morgan fingerprint density at radius 2 is 1.88 bits per heavy atom. The maximum Gasteiger partial charge on any atom is 0.0743 e. The second-order valence-corrected chi connectivity index (χ2v) is 5.46. The lowest BCUT2D eigenvalue weighted by Gasteiger charge is -2.20. The molecule has 2 heteroatoms. The van der Waals surface area contributed by atoms with Crippen molar-refractivity contribution in [3.05, 3.63) is 41.6 Å². The molecule has 1 aromatic carbocycles. The molecule has 0 bridgehead atoms. The summed E-state index contributed by atoms with van der Waals surface area (Å²) in [4.78, 5) is 4.77. The van der Waals surface area contributed by atoms with Crippen molar-refractivity contribution >= 4 is 10.9 Å². The molecule has 2 nitrogen and oxygen atoms in total. The van der Waals surface area contributed by atoms with Gasteiger partial charge in [0, 0.05) is 11.9 Å². The first-order valence-electron chi connectivity index (χ1n) is 6.06. The number of nitrogens with one attached hydrogen (secondary N) is 1. The number of pyridine rings is 1. The van der Waals surface area contributed by atoms with Gasteiger partial charge in [0.15, 0.2) is 0 Å². The maximum absolute atomic E-state index is 4.77. The van der Waals surface area contributed by atoms with E-state index in [1.165, 1.54) is 10.9 Å². The van der Waals surface area contributed by atoms with Gasteiger partial charge in [-0.15, -0.1) is 0 Å². The van der Waals surface area contributed by atoms with E-state index >= 15 is 0 Å². The van der Waals surface area contributed by atoms with E-state index < -0.39 is 0 Å². The summed E-state index contributed by atoms with van der Waals surface area (Å²) in [5, 5.41) is 4.36. The molecule has 0 spiro atoms. The lowest BCUT2D eigenvalue weighted by molar-refractivity contribution is 0.594. The number of benzene rings is 1. The van der Waals surface area contributed by atoms with Crippen molar-refractivity contribution in [3.63, 3.8) is 0 Å². The van der Waals surface area contributed by atoms with Crippen molar-refractivity contribution in [1.82, 2.24) is 10.3 Å². The van der Waals surface area contributed by atoms with Gasteiger partial charge in [-0.3, -0.25) is 4.98 Å². The molecule has 2 rings (SSSR count).